The number of hydrogen-bond donors (Lipinski definition) is 1. The van der Waals surface area contributed by atoms with Crippen LogP contribution < -0.4 is 10.5 Å². The topological polar surface area (TPSA) is 65.2 Å². The van der Waals surface area contributed by atoms with Crippen LogP contribution in [0.3, 0.4) is 0 Å². The monoisotopic (exact) mass is 362 g/mol. The van der Waals surface area contributed by atoms with Crippen LogP contribution in [0.15, 0.2) is 48.5 Å². The van der Waals surface area contributed by atoms with E-state index in [1.54, 1.807) is 0 Å². The summed E-state index contributed by atoms with van der Waals surface area (Å²) in [5, 5.41) is 0.796. The second kappa shape index (κ2) is 7.39. The SMILES string of the molecule is Cc1ccc(CC(=O)C(C)(C)COc2cccc3nc(C)cc(N)c23)cc1. The Morgan fingerprint density at radius 3 is 2.52 bits per heavy atom. The summed E-state index contributed by atoms with van der Waals surface area (Å²) in [6.07, 6.45) is 0.398. The minimum absolute atomic E-state index is 0.147. The number of aryl methyl sites for hydroxylation is 2. The minimum atomic E-state index is -0.611. The van der Waals surface area contributed by atoms with Gasteiger partial charge in [-0.3, -0.25) is 9.78 Å². The average molecular weight is 362 g/mol. The third-order valence-corrected chi connectivity index (χ3v) is 4.78. The second-order valence-corrected chi connectivity index (χ2v) is 7.76. The Morgan fingerprint density at radius 2 is 1.81 bits per heavy atom. The maximum Gasteiger partial charge on any atom is 0.146 e. The standard InChI is InChI=1S/C23H26N2O2/c1-15-8-10-17(11-9-15)13-21(26)23(3,4)14-27-20-7-5-6-19-22(20)18(24)12-16(2)25-19/h5-12H,13-14H2,1-4H3,(H2,24,25). The van der Waals surface area contributed by atoms with Gasteiger partial charge in [-0.1, -0.05) is 35.9 Å². The van der Waals surface area contributed by atoms with Crippen LogP contribution in [0.1, 0.15) is 30.7 Å². The van der Waals surface area contributed by atoms with Crippen molar-refractivity contribution < 1.29 is 9.53 Å². The molecule has 2 N–H and O–H groups in total. The predicted molar refractivity (Wildman–Crippen MR) is 110 cm³/mol. The maximum absolute atomic E-state index is 12.8. The highest BCUT2D eigenvalue weighted by Crippen LogP contribution is 2.31. The van der Waals surface area contributed by atoms with Gasteiger partial charge in [0, 0.05) is 17.8 Å². The van der Waals surface area contributed by atoms with Gasteiger partial charge in [-0.25, -0.2) is 0 Å². The first-order valence-electron chi connectivity index (χ1n) is 9.14. The number of rotatable bonds is 6. The van der Waals surface area contributed by atoms with Crippen LogP contribution in [0.2, 0.25) is 0 Å². The van der Waals surface area contributed by atoms with Crippen LogP contribution in [0.25, 0.3) is 10.9 Å². The maximum atomic E-state index is 12.8. The Labute approximate surface area is 160 Å². The number of carbonyl (C=O) groups excluding carboxylic acids is 1. The molecule has 0 unspecified atom stereocenters. The summed E-state index contributed by atoms with van der Waals surface area (Å²) >= 11 is 0. The van der Waals surface area contributed by atoms with Crippen LogP contribution in [-0.2, 0) is 11.2 Å². The molecule has 0 aliphatic carbocycles. The lowest BCUT2D eigenvalue weighted by atomic mass is 9.85. The minimum Gasteiger partial charge on any atom is -0.492 e. The molecule has 0 fully saturated rings. The Bertz CT molecular complexity index is 976. The highest BCUT2D eigenvalue weighted by atomic mass is 16.5. The number of pyridine rings is 1. The first-order chi connectivity index (χ1) is 12.8. The number of nitrogens with zero attached hydrogens (tertiary/aromatic N) is 1. The normalized spacial score (nSPS) is 11.6. The zero-order chi connectivity index (χ0) is 19.6. The van der Waals surface area contributed by atoms with Gasteiger partial charge in [-0.05, 0) is 51.5 Å². The molecule has 0 radical (unpaired) electrons. The van der Waals surface area contributed by atoms with E-state index in [1.165, 1.54) is 5.56 Å². The predicted octanol–water partition coefficient (Wildman–Crippen LogP) is 4.65. The number of ketones is 1. The number of nitrogens with two attached hydrogens (primary N) is 1. The summed E-state index contributed by atoms with van der Waals surface area (Å²) in [7, 11) is 0. The fourth-order valence-corrected chi connectivity index (χ4v) is 3.01. The van der Waals surface area contributed by atoms with E-state index in [0.29, 0.717) is 17.9 Å². The van der Waals surface area contributed by atoms with Gasteiger partial charge in [0.15, 0.2) is 0 Å². The molecule has 3 aromatic rings. The third-order valence-electron chi connectivity index (χ3n) is 4.78. The highest BCUT2D eigenvalue weighted by molar-refractivity contribution is 5.95. The highest BCUT2D eigenvalue weighted by Gasteiger charge is 2.28. The number of nitrogen functional groups attached to an aromatic ring is 1. The van der Waals surface area contributed by atoms with Gasteiger partial charge in [0.05, 0.1) is 16.3 Å². The summed E-state index contributed by atoms with van der Waals surface area (Å²) in [4.78, 5) is 17.3. The smallest absolute Gasteiger partial charge is 0.146 e. The molecule has 1 aromatic heterocycles. The first-order valence-corrected chi connectivity index (χ1v) is 9.14. The molecule has 4 heteroatoms. The van der Waals surface area contributed by atoms with Crippen LogP contribution in [0, 0.1) is 19.3 Å². The van der Waals surface area contributed by atoms with E-state index in [1.807, 2.05) is 76.2 Å². The van der Waals surface area contributed by atoms with Crippen LogP contribution in [0.4, 0.5) is 5.69 Å². The molecular formula is C23H26N2O2. The van der Waals surface area contributed by atoms with Crippen molar-refractivity contribution in [3.63, 3.8) is 0 Å². The van der Waals surface area contributed by atoms with E-state index in [2.05, 4.69) is 4.98 Å². The van der Waals surface area contributed by atoms with Crippen LogP contribution in [0.5, 0.6) is 5.75 Å². The van der Waals surface area contributed by atoms with Crippen molar-refractivity contribution in [3.05, 3.63) is 65.4 Å². The van der Waals surface area contributed by atoms with Gasteiger partial charge in [0.25, 0.3) is 0 Å². The van der Waals surface area contributed by atoms with Gasteiger partial charge in [0.1, 0.15) is 18.1 Å². The molecular weight excluding hydrogens is 336 g/mol. The molecule has 0 amide bonds. The number of Topliss-reactive ketones (excluding diaryl/α,β-unsaturated/α-hetero) is 1. The number of fused-ring (bicyclic) bond motifs is 1. The number of carbonyl (C=O) groups is 1. The van der Waals surface area contributed by atoms with Crippen LogP contribution >= 0.6 is 0 Å². The summed E-state index contributed by atoms with van der Waals surface area (Å²) in [6, 6.07) is 15.6. The van der Waals surface area contributed by atoms with E-state index in [4.69, 9.17) is 10.5 Å². The largest absolute Gasteiger partial charge is 0.492 e. The van der Waals surface area contributed by atoms with Gasteiger partial charge < -0.3 is 10.5 Å². The molecule has 0 bridgehead atoms. The van der Waals surface area contributed by atoms with Crippen LogP contribution in [-0.4, -0.2) is 17.4 Å². The Morgan fingerprint density at radius 1 is 1.11 bits per heavy atom. The van der Waals surface area contributed by atoms with E-state index in [9.17, 15) is 4.79 Å². The fourth-order valence-electron chi connectivity index (χ4n) is 3.01. The van der Waals surface area contributed by atoms with Crippen molar-refractivity contribution in [2.24, 2.45) is 5.41 Å². The molecule has 0 aliphatic heterocycles. The molecule has 0 atom stereocenters. The second-order valence-electron chi connectivity index (χ2n) is 7.76. The Kier molecular flexibility index (Phi) is 5.17. The molecule has 0 aliphatic rings. The van der Waals surface area contributed by atoms with Gasteiger partial charge >= 0.3 is 0 Å². The zero-order valence-corrected chi connectivity index (χ0v) is 16.4. The first kappa shape index (κ1) is 18.9. The number of hydrogen-bond acceptors (Lipinski definition) is 4. The molecule has 3 rings (SSSR count). The van der Waals surface area contributed by atoms with Crippen molar-refractivity contribution in [3.8, 4) is 5.75 Å². The number of anilines is 1. The molecule has 140 valence electrons. The lowest BCUT2D eigenvalue weighted by Crippen LogP contribution is -2.32. The summed E-state index contributed by atoms with van der Waals surface area (Å²) in [5.74, 6) is 0.808. The fraction of sp³-hybridized carbons (Fsp3) is 0.304. The van der Waals surface area contributed by atoms with Gasteiger partial charge in [-0.2, -0.15) is 0 Å². The Hall–Kier alpha value is -2.88. The average Bonchev–Trinajstić information content (AvgIpc) is 2.61. The summed E-state index contributed by atoms with van der Waals surface area (Å²) in [5.41, 5.74) is 10.1. The van der Waals surface area contributed by atoms with Gasteiger partial charge in [0.2, 0.25) is 0 Å². The lowest BCUT2D eigenvalue weighted by molar-refractivity contribution is -0.127. The van der Waals surface area contributed by atoms with Crippen molar-refractivity contribution in [2.45, 2.75) is 34.1 Å². The van der Waals surface area contributed by atoms with E-state index >= 15 is 0 Å². The molecule has 4 nitrogen and oxygen atoms in total. The number of aromatic nitrogens is 1. The van der Waals surface area contributed by atoms with E-state index in [0.717, 1.165) is 22.2 Å². The van der Waals surface area contributed by atoms with E-state index in [-0.39, 0.29) is 12.4 Å². The summed E-state index contributed by atoms with van der Waals surface area (Å²) < 4.78 is 6.04. The van der Waals surface area contributed by atoms with Crippen molar-refractivity contribution in [1.29, 1.82) is 0 Å². The van der Waals surface area contributed by atoms with Crippen molar-refractivity contribution >= 4 is 22.4 Å². The van der Waals surface area contributed by atoms with E-state index < -0.39 is 5.41 Å². The molecule has 27 heavy (non-hydrogen) atoms. The molecule has 0 saturated carbocycles. The quantitative estimate of drug-likeness (QED) is 0.693. The van der Waals surface area contributed by atoms with Crippen molar-refractivity contribution in [1.82, 2.24) is 4.98 Å². The van der Waals surface area contributed by atoms with Gasteiger partial charge in [-0.15, -0.1) is 0 Å². The molecule has 0 spiro atoms. The Balaban J connectivity index is 1.76. The zero-order valence-electron chi connectivity index (χ0n) is 16.4. The number of ether oxygens (including phenoxy) is 1. The molecule has 2 aromatic carbocycles. The molecule has 0 saturated heterocycles. The number of benzene rings is 2. The third kappa shape index (κ3) is 4.27. The van der Waals surface area contributed by atoms with Crippen molar-refractivity contribution in [2.75, 3.05) is 12.3 Å². The summed E-state index contributed by atoms with van der Waals surface area (Å²) in [6.45, 7) is 8.07. The molecule has 1 heterocycles. The lowest BCUT2D eigenvalue weighted by Gasteiger charge is -2.24.